The van der Waals surface area contributed by atoms with Gasteiger partial charge in [-0.2, -0.15) is 10.1 Å². The maximum absolute atomic E-state index is 13.2. The van der Waals surface area contributed by atoms with Crippen LogP contribution in [0.2, 0.25) is 0 Å². The van der Waals surface area contributed by atoms with Gasteiger partial charge < -0.3 is 15.5 Å². The van der Waals surface area contributed by atoms with E-state index in [2.05, 4.69) is 26.9 Å². The highest BCUT2D eigenvalue weighted by atomic mass is 19.1. The average molecular weight is 474 g/mol. The maximum atomic E-state index is 13.2. The van der Waals surface area contributed by atoms with Gasteiger partial charge in [0.25, 0.3) is 0 Å². The molecule has 0 amide bonds. The van der Waals surface area contributed by atoms with E-state index in [1.54, 1.807) is 12.1 Å². The van der Waals surface area contributed by atoms with Gasteiger partial charge in [-0.25, -0.2) is 9.37 Å². The summed E-state index contributed by atoms with van der Waals surface area (Å²) in [5.41, 5.74) is 3.95. The Bertz CT molecular complexity index is 1260. The molecule has 2 aromatic carbocycles. The molecule has 0 bridgehead atoms. The molecule has 182 valence electrons. The first kappa shape index (κ1) is 23.2. The highest BCUT2D eigenvalue weighted by Crippen LogP contribution is 2.28. The Morgan fingerprint density at radius 1 is 1.00 bits per heavy atom. The monoisotopic (exact) mass is 473 g/mol. The SMILES string of the molecule is CN(C)c1nc(NC2CCC(CNCc3cn[nH]c3-c3ccc(F)cc3)CC2)nc2ccccc12. The fraction of sp³-hybridized carbons (Fsp3) is 0.370. The number of aromatic nitrogens is 4. The second-order valence-corrected chi connectivity index (χ2v) is 9.55. The van der Waals surface area contributed by atoms with Gasteiger partial charge in [-0.3, -0.25) is 5.10 Å². The van der Waals surface area contributed by atoms with E-state index >= 15 is 0 Å². The first-order valence-corrected chi connectivity index (χ1v) is 12.3. The van der Waals surface area contributed by atoms with E-state index in [-0.39, 0.29) is 5.82 Å². The molecule has 35 heavy (non-hydrogen) atoms. The van der Waals surface area contributed by atoms with Crippen LogP contribution in [0.4, 0.5) is 16.2 Å². The number of aromatic amines is 1. The number of benzene rings is 2. The topological polar surface area (TPSA) is 81.8 Å². The van der Waals surface area contributed by atoms with Crippen LogP contribution >= 0.6 is 0 Å². The van der Waals surface area contributed by atoms with Crippen molar-refractivity contribution < 1.29 is 4.39 Å². The summed E-state index contributed by atoms with van der Waals surface area (Å²) >= 11 is 0. The van der Waals surface area contributed by atoms with Crippen molar-refractivity contribution in [2.75, 3.05) is 30.9 Å². The lowest BCUT2D eigenvalue weighted by atomic mass is 9.86. The Kier molecular flexibility index (Phi) is 6.90. The lowest BCUT2D eigenvalue weighted by molar-refractivity contribution is 0.324. The first-order chi connectivity index (χ1) is 17.1. The molecule has 2 aromatic heterocycles. The van der Waals surface area contributed by atoms with Crippen LogP contribution in [0.15, 0.2) is 54.7 Å². The minimum Gasteiger partial charge on any atom is -0.362 e. The normalized spacial score (nSPS) is 18.0. The van der Waals surface area contributed by atoms with Crippen molar-refractivity contribution in [3.05, 3.63) is 66.1 Å². The summed E-state index contributed by atoms with van der Waals surface area (Å²) in [6, 6.07) is 15.1. The van der Waals surface area contributed by atoms with Gasteiger partial charge in [0.15, 0.2) is 0 Å². The van der Waals surface area contributed by atoms with Gasteiger partial charge in [0.2, 0.25) is 5.95 Å². The summed E-state index contributed by atoms with van der Waals surface area (Å²) in [7, 11) is 4.03. The minimum atomic E-state index is -0.233. The molecule has 3 N–H and O–H groups in total. The summed E-state index contributed by atoms with van der Waals surface area (Å²) in [6.07, 6.45) is 6.38. The third-order valence-corrected chi connectivity index (χ3v) is 6.79. The number of hydrogen-bond donors (Lipinski definition) is 3. The van der Waals surface area contributed by atoms with Gasteiger partial charge in [-0.1, -0.05) is 12.1 Å². The molecule has 0 aliphatic heterocycles. The highest BCUT2D eigenvalue weighted by Gasteiger charge is 2.22. The van der Waals surface area contributed by atoms with Crippen LogP contribution in [-0.4, -0.2) is 46.8 Å². The largest absolute Gasteiger partial charge is 0.362 e. The van der Waals surface area contributed by atoms with E-state index < -0.39 is 0 Å². The number of nitrogens with one attached hydrogen (secondary N) is 3. The van der Waals surface area contributed by atoms with Crippen LogP contribution in [0.5, 0.6) is 0 Å². The zero-order valence-electron chi connectivity index (χ0n) is 20.3. The molecular weight excluding hydrogens is 441 g/mol. The molecule has 1 saturated carbocycles. The Morgan fingerprint density at radius 3 is 2.54 bits per heavy atom. The van der Waals surface area contributed by atoms with Gasteiger partial charge in [0.05, 0.1) is 17.4 Å². The molecule has 7 nitrogen and oxygen atoms in total. The van der Waals surface area contributed by atoms with Crippen LogP contribution in [0.3, 0.4) is 0 Å². The summed E-state index contributed by atoms with van der Waals surface area (Å²) in [4.78, 5) is 11.6. The Hall–Kier alpha value is -3.52. The van der Waals surface area contributed by atoms with Gasteiger partial charge in [0, 0.05) is 43.2 Å². The molecule has 8 heteroatoms. The number of halogens is 1. The second-order valence-electron chi connectivity index (χ2n) is 9.55. The van der Waals surface area contributed by atoms with Crippen molar-refractivity contribution in [2.24, 2.45) is 5.92 Å². The second kappa shape index (κ2) is 10.4. The zero-order valence-corrected chi connectivity index (χ0v) is 20.3. The van der Waals surface area contributed by atoms with Crippen LogP contribution in [-0.2, 0) is 6.54 Å². The van der Waals surface area contributed by atoms with Gasteiger partial charge in [0.1, 0.15) is 11.6 Å². The maximum Gasteiger partial charge on any atom is 0.225 e. The van der Waals surface area contributed by atoms with Gasteiger partial charge >= 0.3 is 0 Å². The molecule has 2 heterocycles. The zero-order chi connectivity index (χ0) is 24.2. The predicted octanol–water partition coefficient (Wildman–Crippen LogP) is 4.99. The van der Waals surface area contributed by atoms with Crippen LogP contribution < -0.4 is 15.5 Å². The lowest BCUT2D eigenvalue weighted by Crippen LogP contribution is -2.31. The van der Waals surface area contributed by atoms with Crippen LogP contribution in [0, 0.1) is 11.7 Å². The van der Waals surface area contributed by atoms with Crippen molar-refractivity contribution in [3.63, 3.8) is 0 Å². The summed E-state index contributed by atoms with van der Waals surface area (Å²) in [6.45, 7) is 1.71. The fourth-order valence-corrected chi connectivity index (χ4v) is 4.88. The van der Waals surface area contributed by atoms with E-state index in [4.69, 9.17) is 9.97 Å². The van der Waals surface area contributed by atoms with E-state index in [9.17, 15) is 4.39 Å². The standard InChI is InChI=1S/C27H32FN7/c1-35(2)26-23-5-3-4-6-24(23)32-27(33-26)31-22-13-7-18(8-14-22)15-29-16-20-17-30-34-25(20)19-9-11-21(28)12-10-19/h3-6,9-12,17-18,22,29H,7-8,13-16H2,1-2H3,(H,30,34)(H,31,32,33). The first-order valence-electron chi connectivity index (χ1n) is 12.3. The third-order valence-electron chi connectivity index (χ3n) is 6.79. The molecule has 1 aliphatic rings. The molecule has 0 unspecified atom stereocenters. The lowest BCUT2D eigenvalue weighted by Gasteiger charge is -2.29. The van der Waals surface area contributed by atoms with Crippen LogP contribution in [0.1, 0.15) is 31.2 Å². The predicted molar refractivity (Wildman–Crippen MR) is 139 cm³/mol. The molecule has 0 radical (unpaired) electrons. The molecule has 0 atom stereocenters. The van der Waals surface area contributed by atoms with Crippen molar-refractivity contribution in [1.82, 2.24) is 25.5 Å². The number of para-hydroxylation sites is 1. The number of hydrogen-bond acceptors (Lipinski definition) is 6. The minimum absolute atomic E-state index is 0.233. The summed E-state index contributed by atoms with van der Waals surface area (Å²) < 4.78 is 13.2. The molecule has 1 aliphatic carbocycles. The Balaban J connectivity index is 1.13. The number of nitrogens with zero attached hydrogens (tertiary/aromatic N) is 4. The van der Waals surface area contributed by atoms with E-state index in [1.807, 2.05) is 43.4 Å². The van der Waals surface area contributed by atoms with E-state index in [0.29, 0.717) is 17.9 Å². The quantitative estimate of drug-likeness (QED) is 0.335. The van der Waals surface area contributed by atoms with E-state index in [0.717, 1.165) is 72.3 Å². The number of anilines is 2. The summed E-state index contributed by atoms with van der Waals surface area (Å²) in [5.74, 6) is 2.06. The van der Waals surface area contributed by atoms with Gasteiger partial charge in [-0.15, -0.1) is 0 Å². The van der Waals surface area contributed by atoms with Gasteiger partial charge in [-0.05, 0) is 74.5 Å². The Morgan fingerprint density at radius 2 is 1.77 bits per heavy atom. The number of H-pyrrole nitrogens is 1. The summed E-state index contributed by atoms with van der Waals surface area (Å²) in [5, 5.41) is 15.5. The molecule has 0 spiro atoms. The Labute approximate surface area is 205 Å². The van der Waals surface area contributed by atoms with Crippen molar-refractivity contribution in [1.29, 1.82) is 0 Å². The number of fused-ring (bicyclic) bond motifs is 1. The average Bonchev–Trinajstić information content (AvgIpc) is 3.33. The molecule has 0 saturated heterocycles. The molecular formula is C27H32FN7. The van der Waals surface area contributed by atoms with Crippen molar-refractivity contribution in [2.45, 2.75) is 38.3 Å². The molecule has 1 fully saturated rings. The molecule has 5 rings (SSSR count). The molecule has 4 aromatic rings. The number of rotatable bonds is 8. The van der Waals surface area contributed by atoms with Crippen LogP contribution in [0.25, 0.3) is 22.2 Å². The van der Waals surface area contributed by atoms with Crippen molar-refractivity contribution >= 4 is 22.7 Å². The smallest absolute Gasteiger partial charge is 0.225 e. The van der Waals surface area contributed by atoms with E-state index in [1.165, 1.54) is 12.1 Å². The third kappa shape index (κ3) is 5.43. The fourth-order valence-electron chi connectivity index (χ4n) is 4.88. The highest BCUT2D eigenvalue weighted by molar-refractivity contribution is 5.90. The van der Waals surface area contributed by atoms with Crippen molar-refractivity contribution in [3.8, 4) is 11.3 Å².